The van der Waals surface area contributed by atoms with Gasteiger partial charge in [-0.2, -0.15) is 4.31 Å². The van der Waals surface area contributed by atoms with Crippen molar-refractivity contribution in [2.24, 2.45) is 5.92 Å². The predicted octanol–water partition coefficient (Wildman–Crippen LogP) is 3.44. The third kappa shape index (κ3) is 5.39. The second-order valence-corrected chi connectivity index (χ2v) is 11.2. The molecule has 0 radical (unpaired) electrons. The molecule has 1 saturated heterocycles. The van der Waals surface area contributed by atoms with Crippen LogP contribution in [0.15, 0.2) is 71.6 Å². The number of fused-ring (bicyclic) bond motifs is 1. The van der Waals surface area contributed by atoms with E-state index in [2.05, 4.69) is 5.32 Å². The van der Waals surface area contributed by atoms with Gasteiger partial charge in [0.25, 0.3) is 5.91 Å². The Labute approximate surface area is 206 Å². The second-order valence-electron chi connectivity index (χ2n) is 9.30. The number of hydrogen-bond acceptors (Lipinski definition) is 4. The summed E-state index contributed by atoms with van der Waals surface area (Å²) in [6.45, 7) is 6.68. The minimum absolute atomic E-state index is 0.115. The van der Waals surface area contributed by atoms with Crippen molar-refractivity contribution >= 4 is 32.6 Å². The van der Waals surface area contributed by atoms with Crippen molar-refractivity contribution in [3.63, 3.8) is 0 Å². The van der Waals surface area contributed by atoms with E-state index in [0.29, 0.717) is 5.56 Å². The van der Waals surface area contributed by atoms with Crippen molar-refractivity contribution in [3.05, 3.63) is 77.9 Å². The van der Waals surface area contributed by atoms with Crippen LogP contribution in [0.3, 0.4) is 0 Å². The van der Waals surface area contributed by atoms with Crippen molar-refractivity contribution in [1.29, 1.82) is 0 Å². The summed E-state index contributed by atoms with van der Waals surface area (Å²) in [7, 11) is -3.67. The Balaban J connectivity index is 1.42. The number of rotatable bonds is 6. The summed E-state index contributed by atoms with van der Waals surface area (Å²) in [4.78, 5) is 27.9. The van der Waals surface area contributed by atoms with Crippen LogP contribution in [0.4, 0.5) is 0 Å². The SMILES string of the molecule is Cc1ccc(C(=O)NC(C(=O)N2CCN(S(=O)(=O)c3ccc4ccccc4c3)CC2)C(C)C)cc1. The van der Waals surface area contributed by atoms with Crippen LogP contribution in [-0.2, 0) is 14.8 Å². The molecule has 0 aliphatic carbocycles. The lowest BCUT2D eigenvalue weighted by molar-refractivity contribution is -0.135. The predicted molar refractivity (Wildman–Crippen MR) is 137 cm³/mol. The molecular weight excluding hydrogens is 462 g/mol. The van der Waals surface area contributed by atoms with Gasteiger partial charge in [-0.1, -0.05) is 61.9 Å². The Kier molecular flexibility index (Phi) is 7.23. The number of amides is 2. The monoisotopic (exact) mass is 493 g/mol. The molecule has 8 heteroatoms. The van der Waals surface area contributed by atoms with Crippen molar-refractivity contribution in [2.45, 2.75) is 31.7 Å². The van der Waals surface area contributed by atoms with Gasteiger partial charge >= 0.3 is 0 Å². The third-order valence-electron chi connectivity index (χ3n) is 6.44. The lowest BCUT2D eigenvalue weighted by atomic mass is 10.0. The molecule has 1 atom stereocenters. The van der Waals surface area contributed by atoms with Crippen molar-refractivity contribution in [1.82, 2.24) is 14.5 Å². The van der Waals surface area contributed by atoms with Crippen LogP contribution in [-0.4, -0.2) is 61.7 Å². The topological polar surface area (TPSA) is 86.8 Å². The molecule has 1 fully saturated rings. The molecule has 3 aromatic rings. The summed E-state index contributed by atoms with van der Waals surface area (Å²) in [5, 5.41) is 4.72. The quantitative estimate of drug-likeness (QED) is 0.570. The summed E-state index contributed by atoms with van der Waals surface area (Å²) >= 11 is 0. The first-order chi connectivity index (χ1) is 16.7. The van der Waals surface area contributed by atoms with Gasteiger partial charge in [-0.05, 0) is 47.9 Å². The first-order valence-corrected chi connectivity index (χ1v) is 13.3. The van der Waals surface area contributed by atoms with Crippen LogP contribution >= 0.6 is 0 Å². The fraction of sp³-hybridized carbons (Fsp3) is 0.333. The maximum absolute atomic E-state index is 13.3. The fourth-order valence-electron chi connectivity index (χ4n) is 4.27. The number of carbonyl (C=O) groups excluding carboxylic acids is 2. The number of sulfonamides is 1. The minimum atomic E-state index is -3.67. The number of nitrogens with zero attached hydrogens (tertiary/aromatic N) is 2. The van der Waals surface area contributed by atoms with Crippen LogP contribution in [0.5, 0.6) is 0 Å². The third-order valence-corrected chi connectivity index (χ3v) is 8.34. The Morgan fingerprint density at radius 2 is 1.49 bits per heavy atom. The highest BCUT2D eigenvalue weighted by atomic mass is 32.2. The molecule has 2 amide bonds. The van der Waals surface area contributed by atoms with Gasteiger partial charge in [-0.25, -0.2) is 8.42 Å². The normalized spacial score (nSPS) is 15.8. The Bertz CT molecular complexity index is 1330. The van der Waals surface area contributed by atoms with E-state index < -0.39 is 16.1 Å². The number of piperazine rings is 1. The molecule has 1 N–H and O–H groups in total. The summed E-state index contributed by atoms with van der Waals surface area (Å²) in [6, 6.07) is 19.3. The highest BCUT2D eigenvalue weighted by Crippen LogP contribution is 2.23. The molecule has 0 spiro atoms. The molecule has 4 rings (SSSR count). The largest absolute Gasteiger partial charge is 0.340 e. The van der Waals surface area contributed by atoms with Crippen LogP contribution in [0.1, 0.15) is 29.8 Å². The maximum atomic E-state index is 13.3. The molecule has 1 aliphatic heterocycles. The van der Waals surface area contributed by atoms with E-state index in [-0.39, 0.29) is 48.8 Å². The standard InChI is InChI=1S/C27H31N3O4S/c1-19(2)25(28-26(31)22-10-8-20(3)9-11-22)27(32)29-14-16-30(17-15-29)35(33,34)24-13-12-21-6-4-5-7-23(21)18-24/h4-13,18-19,25H,14-17H2,1-3H3,(H,28,31). The number of benzene rings is 3. The summed E-state index contributed by atoms with van der Waals surface area (Å²) < 4.78 is 27.9. The van der Waals surface area contributed by atoms with Gasteiger partial charge in [0.15, 0.2) is 0 Å². The van der Waals surface area contributed by atoms with E-state index in [1.807, 2.05) is 63.2 Å². The smallest absolute Gasteiger partial charge is 0.251 e. The van der Waals surface area contributed by atoms with Gasteiger partial charge in [-0.15, -0.1) is 0 Å². The minimum Gasteiger partial charge on any atom is -0.340 e. The molecule has 0 saturated carbocycles. The molecular formula is C27H31N3O4S. The Morgan fingerprint density at radius 3 is 2.11 bits per heavy atom. The molecule has 1 heterocycles. The van der Waals surface area contributed by atoms with Gasteiger partial charge in [0, 0.05) is 31.7 Å². The summed E-state index contributed by atoms with van der Waals surface area (Å²) in [5.41, 5.74) is 1.55. The number of nitrogens with one attached hydrogen (secondary N) is 1. The number of hydrogen-bond donors (Lipinski definition) is 1. The zero-order chi connectivity index (χ0) is 25.2. The summed E-state index contributed by atoms with van der Waals surface area (Å²) in [5.74, 6) is -0.603. The van der Waals surface area contributed by atoms with Gasteiger partial charge in [-0.3, -0.25) is 9.59 Å². The molecule has 0 bridgehead atoms. The lowest BCUT2D eigenvalue weighted by Gasteiger charge is -2.36. The average molecular weight is 494 g/mol. The molecule has 1 aliphatic rings. The van der Waals surface area contributed by atoms with Crippen LogP contribution in [0.2, 0.25) is 0 Å². The van der Waals surface area contributed by atoms with Gasteiger partial charge in [0.1, 0.15) is 6.04 Å². The van der Waals surface area contributed by atoms with Crippen molar-refractivity contribution in [2.75, 3.05) is 26.2 Å². The lowest BCUT2D eigenvalue weighted by Crippen LogP contribution is -2.57. The van der Waals surface area contributed by atoms with Crippen LogP contribution < -0.4 is 5.32 Å². The highest BCUT2D eigenvalue weighted by molar-refractivity contribution is 7.89. The fourth-order valence-corrected chi connectivity index (χ4v) is 5.72. The molecule has 0 aromatic heterocycles. The summed E-state index contributed by atoms with van der Waals surface area (Å²) in [6.07, 6.45) is 0. The van der Waals surface area contributed by atoms with Crippen molar-refractivity contribution < 1.29 is 18.0 Å². The van der Waals surface area contributed by atoms with E-state index >= 15 is 0 Å². The molecule has 3 aromatic carbocycles. The first kappa shape index (κ1) is 24.9. The van der Waals surface area contributed by atoms with Gasteiger partial charge in [0.2, 0.25) is 15.9 Å². The molecule has 1 unspecified atom stereocenters. The number of aryl methyl sites for hydroxylation is 1. The van der Waals surface area contributed by atoms with E-state index in [0.717, 1.165) is 16.3 Å². The van der Waals surface area contributed by atoms with Gasteiger partial charge < -0.3 is 10.2 Å². The Hall–Kier alpha value is -3.23. The average Bonchev–Trinajstić information content (AvgIpc) is 2.86. The first-order valence-electron chi connectivity index (χ1n) is 11.8. The zero-order valence-corrected chi connectivity index (χ0v) is 21.1. The van der Waals surface area contributed by atoms with E-state index in [4.69, 9.17) is 0 Å². The van der Waals surface area contributed by atoms with Crippen LogP contribution in [0.25, 0.3) is 10.8 Å². The molecule has 7 nitrogen and oxygen atoms in total. The van der Waals surface area contributed by atoms with E-state index in [9.17, 15) is 18.0 Å². The van der Waals surface area contributed by atoms with Gasteiger partial charge in [0.05, 0.1) is 4.90 Å². The molecule has 184 valence electrons. The second kappa shape index (κ2) is 10.2. The van der Waals surface area contributed by atoms with Crippen molar-refractivity contribution in [3.8, 4) is 0 Å². The van der Waals surface area contributed by atoms with E-state index in [1.54, 1.807) is 29.2 Å². The number of carbonyl (C=O) groups is 2. The highest BCUT2D eigenvalue weighted by Gasteiger charge is 2.34. The van der Waals surface area contributed by atoms with E-state index in [1.165, 1.54) is 4.31 Å². The molecule has 35 heavy (non-hydrogen) atoms. The maximum Gasteiger partial charge on any atom is 0.251 e. The Morgan fingerprint density at radius 1 is 0.857 bits per heavy atom. The zero-order valence-electron chi connectivity index (χ0n) is 20.3. The van der Waals surface area contributed by atoms with Crippen LogP contribution in [0, 0.1) is 12.8 Å².